The molecule has 0 heterocycles. The number of benzene rings is 1. The van der Waals surface area contributed by atoms with Gasteiger partial charge in [-0.25, -0.2) is 0 Å². The molecule has 0 N–H and O–H groups in total. The van der Waals surface area contributed by atoms with Gasteiger partial charge in [0, 0.05) is 51.4 Å². The Morgan fingerprint density at radius 2 is 1.53 bits per heavy atom. The molecule has 0 fully saturated rings. The van der Waals surface area contributed by atoms with Gasteiger partial charge in [-0.3, -0.25) is 0 Å². The molecule has 0 unspecified atom stereocenters. The Hall–Kier alpha value is 0.983. The summed E-state index contributed by atoms with van der Waals surface area (Å²) in [7, 11) is -5.62. The van der Waals surface area contributed by atoms with Crippen LogP contribution in [0.4, 0.5) is 0 Å². The molecule has 15 heavy (non-hydrogen) atoms. The van der Waals surface area contributed by atoms with Crippen LogP contribution in [0, 0.1) is 0 Å². The molecule has 79 valence electrons. The molecule has 1 rings (SSSR count). The zero-order chi connectivity index (χ0) is 10.8. The maximum Gasteiger partial charge on any atom is 0.287 e. The minimum absolute atomic E-state index is 0. The van der Waals surface area contributed by atoms with Crippen LogP contribution < -0.4 is 0 Å². The van der Waals surface area contributed by atoms with Crippen molar-refractivity contribution in [3.05, 3.63) is 30.3 Å². The van der Waals surface area contributed by atoms with E-state index in [0.29, 0.717) is 0 Å². The van der Waals surface area contributed by atoms with Gasteiger partial charge in [-0.05, 0) is 31.8 Å². The Morgan fingerprint density at radius 1 is 1.07 bits per heavy atom. The summed E-state index contributed by atoms with van der Waals surface area (Å²) in [5.41, 5.74) is 0. The molecule has 1 aromatic carbocycles. The summed E-state index contributed by atoms with van der Waals surface area (Å²) in [5, 5.41) is 0. The van der Waals surface area contributed by atoms with Crippen molar-refractivity contribution in [3.8, 4) is 0 Å². The van der Waals surface area contributed by atoms with E-state index < -0.39 is 18.4 Å². The van der Waals surface area contributed by atoms with Gasteiger partial charge in [0.05, 0.1) is 4.90 Å². The molecular weight excluding hydrogens is 255 g/mol. The minimum atomic E-state index is -3.56. The van der Waals surface area contributed by atoms with Crippen LogP contribution in [-0.2, 0) is 14.0 Å². The summed E-state index contributed by atoms with van der Waals surface area (Å²) >= 11 is 0. The SMILES string of the molecule is C[Si](C)(C)OS(=O)(=O)c1ccccc1.[K]. The predicted octanol–water partition coefficient (Wildman–Crippen LogP) is 1.85. The molecular formula is C9H14KO3SSi. The first-order valence-electron chi connectivity index (χ1n) is 4.32. The second-order valence-corrected chi connectivity index (χ2v) is 10.2. The fourth-order valence-electron chi connectivity index (χ4n) is 0.964. The summed E-state index contributed by atoms with van der Waals surface area (Å²) in [4.78, 5) is 0.224. The Balaban J connectivity index is 0.00000196. The van der Waals surface area contributed by atoms with Gasteiger partial charge in [0.1, 0.15) is 0 Å². The average molecular weight is 269 g/mol. The van der Waals surface area contributed by atoms with E-state index in [1.54, 1.807) is 18.2 Å². The third kappa shape index (κ3) is 5.74. The van der Waals surface area contributed by atoms with E-state index in [2.05, 4.69) is 0 Å². The van der Waals surface area contributed by atoms with Crippen molar-refractivity contribution in [1.82, 2.24) is 0 Å². The van der Waals surface area contributed by atoms with Crippen LogP contribution in [-0.4, -0.2) is 68.1 Å². The first kappa shape index (κ1) is 16.0. The molecule has 1 radical (unpaired) electrons. The fourth-order valence-corrected chi connectivity index (χ4v) is 4.47. The van der Waals surface area contributed by atoms with Gasteiger partial charge in [0.2, 0.25) is 8.32 Å². The molecule has 3 nitrogen and oxygen atoms in total. The van der Waals surface area contributed by atoms with E-state index in [0.717, 1.165) is 0 Å². The largest absolute Gasteiger partial charge is 0.312 e. The Labute approximate surface area is 135 Å². The van der Waals surface area contributed by atoms with E-state index >= 15 is 0 Å². The third-order valence-electron chi connectivity index (χ3n) is 1.39. The first-order valence-corrected chi connectivity index (χ1v) is 9.14. The molecule has 0 saturated carbocycles. The van der Waals surface area contributed by atoms with E-state index in [-0.39, 0.29) is 56.3 Å². The molecule has 0 saturated heterocycles. The van der Waals surface area contributed by atoms with Gasteiger partial charge in [0.25, 0.3) is 10.1 Å². The quantitative estimate of drug-likeness (QED) is 0.787. The number of rotatable bonds is 3. The molecule has 1 aromatic rings. The molecule has 0 amide bonds. The maximum absolute atomic E-state index is 11.7. The fraction of sp³-hybridized carbons (Fsp3) is 0.333. The van der Waals surface area contributed by atoms with E-state index in [1.165, 1.54) is 12.1 Å². The van der Waals surface area contributed by atoms with Crippen LogP contribution in [0.3, 0.4) is 0 Å². The smallest absolute Gasteiger partial charge is 0.287 e. The molecule has 0 aliphatic carbocycles. The molecule has 0 aromatic heterocycles. The summed E-state index contributed by atoms with van der Waals surface area (Å²) in [6.45, 7) is 5.52. The Kier molecular flexibility index (Phi) is 6.46. The monoisotopic (exact) mass is 269 g/mol. The van der Waals surface area contributed by atoms with Gasteiger partial charge in [-0.2, -0.15) is 8.42 Å². The van der Waals surface area contributed by atoms with Crippen molar-refractivity contribution in [2.24, 2.45) is 0 Å². The van der Waals surface area contributed by atoms with Crippen LogP contribution in [0.15, 0.2) is 35.2 Å². The van der Waals surface area contributed by atoms with Crippen LogP contribution in [0.2, 0.25) is 19.6 Å². The molecule has 0 spiro atoms. The number of hydrogen-bond donors (Lipinski definition) is 0. The average Bonchev–Trinajstić information content (AvgIpc) is 2.01. The van der Waals surface area contributed by atoms with E-state index in [1.807, 2.05) is 19.6 Å². The van der Waals surface area contributed by atoms with Crippen LogP contribution >= 0.6 is 0 Å². The van der Waals surface area contributed by atoms with Crippen LogP contribution in [0.5, 0.6) is 0 Å². The van der Waals surface area contributed by atoms with Crippen molar-refractivity contribution >= 4 is 69.8 Å². The minimum Gasteiger partial charge on any atom is -0.312 e. The normalized spacial score (nSPS) is 11.9. The standard InChI is InChI=1S/C9H14O3SSi.K/c1-14(2,3)12-13(10,11)9-7-5-4-6-8-9;/h4-8H,1-3H3;. The zero-order valence-corrected chi connectivity index (χ0v) is 14.5. The van der Waals surface area contributed by atoms with Gasteiger partial charge >= 0.3 is 0 Å². The molecule has 0 aliphatic heterocycles. The molecule has 6 heteroatoms. The van der Waals surface area contributed by atoms with Crippen molar-refractivity contribution in [1.29, 1.82) is 0 Å². The third-order valence-corrected chi connectivity index (χ3v) is 5.12. The maximum atomic E-state index is 11.7. The van der Waals surface area contributed by atoms with Crippen molar-refractivity contribution in [3.63, 3.8) is 0 Å². The number of hydrogen-bond acceptors (Lipinski definition) is 3. The van der Waals surface area contributed by atoms with Crippen molar-refractivity contribution < 1.29 is 12.3 Å². The van der Waals surface area contributed by atoms with Crippen LogP contribution in [0.1, 0.15) is 0 Å². The van der Waals surface area contributed by atoms with Gasteiger partial charge in [-0.1, -0.05) is 18.2 Å². The van der Waals surface area contributed by atoms with E-state index in [9.17, 15) is 8.42 Å². The zero-order valence-electron chi connectivity index (χ0n) is 9.52. The van der Waals surface area contributed by atoms with Crippen molar-refractivity contribution in [2.45, 2.75) is 24.5 Å². The summed E-state index contributed by atoms with van der Waals surface area (Å²) in [6.07, 6.45) is 0. The van der Waals surface area contributed by atoms with Gasteiger partial charge in [-0.15, -0.1) is 0 Å². The van der Waals surface area contributed by atoms with Gasteiger partial charge < -0.3 is 3.87 Å². The Bertz CT molecular complexity index is 397. The molecule has 0 aliphatic rings. The second-order valence-electron chi connectivity index (χ2n) is 3.96. The first-order chi connectivity index (χ1) is 6.31. The molecule has 0 bridgehead atoms. The topological polar surface area (TPSA) is 43.4 Å². The van der Waals surface area contributed by atoms with Gasteiger partial charge in [0.15, 0.2) is 0 Å². The second kappa shape index (κ2) is 6.06. The summed E-state index contributed by atoms with van der Waals surface area (Å²) < 4.78 is 28.4. The summed E-state index contributed by atoms with van der Waals surface area (Å²) in [6, 6.07) is 8.21. The predicted molar refractivity (Wildman–Crippen MR) is 63.8 cm³/mol. The summed E-state index contributed by atoms with van der Waals surface area (Å²) in [5.74, 6) is 0. The molecule has 0 atom stereocenters. The van der Waals surface area contributed by atoms with Crippen molar-refractivity contribution in [2.75, 3.05) is 0 Å². The Morgan fingerprint density at radius 3 is 1.93 bits per heavy atom. The van der Waals surface area contributed by atoms with Crippen LogP contribution in [0.25, 0.3) is 0 Å². The van der Waals surface area contributed by atoms with E-state index in [4.69, 9.17) is 3.87 Å².